The van der Waals surface area contributed by atoms with Crippen molar-refractivity contribution in [3.05, 3.63) is 44.8 Å². The minimum atomic E-state index is -1.15. The molecule has 0 fully saturated rings. The molecule has 0 spiro atoms. The maximum atomic E-state index is 12.0. The zero-order chi connectivity index (χ0) is 18.6. The maximum Gasteiger partial charge on any atom is 0.341 e. The predicted molar refractivity (Wildman–Crippen MR) is 91.3 cm³/mol. The van der Waals surface area contributed by atoms with Crippen LogP contribution in [-0.4, -0.2) is 29.3 Å². The van der Waals surface area contributed by atoms with Crippen LogP contribution in [0.2, 0.25) is 5.02 Å². The van der Waals surface area contributed by atoms with Crippen molar-refractivity contribution in [2.24, 2.45) is 0 Å². The van der Waals surface area contributed by atoms with Gasteiger partial charge in [0.15, 0.2) is 18.1 Å². The van der Waals surface area contributed by atoms with Crippen LogP contribution in [0.15, 0.2) is 23.0 Å². The number of aromatic nitrogens is 1. The van der Waals surface area contributed by atoms with Crippen LogP contribution in [0, 0.1) is 18.3 Å². The Morgan fingerprint density at radius 1 is 1.36 bits per heavy atom. The Balaban J connectivity index is 2.63. The summed E-state index contributed by atoms with van der Waals surface area (Å²) in [4.78, 5) is 25.3. The standard InChI is InChI=1S/C17H15ClN2O5/c1-3-24-14-6-10(5-13(18)16(14)25-8-15(21)22)11-4-9(2)20-17(23)12(11)7-19/h4-6H,3,8H2,1-2H3,(H,20,23)(H,21,22). The van der Waals surface area contributed by atoms with Gasteiger partial charge in [-0.1, -0.05) is 11.6 Å². The average molecular weight is 363 g/mol. The molecule has 1 heterocycles. The third kappa shape index (κ3) is 4.11. The molecule has 0 aliphatic carbocycles. The summed E-state index contributed by atoms with van der Waals surface area (Å²) in [6.07, 6.45) is 0. The van der Waals surface area contributed by atoms with Gasteiger partial charge in [0.25, 0.3) is 5.56 Å². The quantitative estimate of drug-likeness (QED) is 0.817. The molecule has 0 saturated heterocycles. The van der Waals surface area contributed by atoms with E-state index in [-0.39, 0.29) is 22.1 Å². The van der Waals surface area contributed by atoms with Crippen molar-refractivity contribution in [1.82, 2.24) is 4.98 Å². The van der Waals surface area contributed by atoms with Crippen LogP contribution in [0.3, 0.4) is 0 Å². The van der Waals surface area contributed by atoms with E-state index in [0.29, 0.717) is 23.4 Å². The fraction of sp³-hybridized carbons (Fsp3) is 0.235. The number of nitrogens with one attached hydrogen (secondary N) is 1. The third-order valence-electron chi connectivity index (χ3n) is 3.24. The second-order valence-electron chi connectivity index (χ2n) is 5.08. The van der Waals surface area contributed by atoms with Crippen LogP contribution in [-0.2, 0) is 4.79 Å². The number of hydrogen-bond donors (Lipinski definition) is 2. The van der Waals surface area contributed by atoms with Crippen LogP contribution in [0.1, 0.15) is 18.2 Å². The maximum absolute atomic E-state index is 12.0. The highest BCUT2D eigenvalue weighted by Crippen LogP contribution is 2.40. The molecule has 1 aromatic carbocycles. The number of carbonyl (C=O) groups is 1. The smallest absolute Gasteiger partial charge is 0.341 e. The van der Waals surface area contributed by atoms with Gasteiger partial charge in [-0.2, -0.15) is 5.26 Å². The molecule has 8 heteroatoms. The Morgan fingerprint density at radius 2 is 2.08 bits per heavy atom. The lowest BCUT2D eigenvalue weighted by Gasteiger charge is -2.15. The first kappa shape index (κ1) is 18.4. The second-order valence-corrected chi connectivity index (χ2v) is 5.49. The lowest BCUT2D eigenvalue weighted by atomic mass is 10.0. The van der Waals surface area contributed by atoms with E-state index in [1.807, 2.05) is 6.07 Å². The van der Waals surface area contributed by atoms with Gasteiger partial charge in [-0.25, -0.2) is 4.79 Å². The molecule has 0 aliphatic rings. The molecule has 7 nitrogen and oxygen atoms in total. The molecule has 2 rings (SSSR count). The van der Waals surface area contributed by atoms with Crippen LogP contribution < -0.4 is 15.0 Å². The molecular formula is C17H15ClN2O5. The summed E-state index contributed by atoms with van der Waals surface area (Å²) < 4.78 is 10.7. The molecule has 0 saturated carbocycles. The first-order valence-electron chi connectivity index (χ1n) is 7.32. The summed E-state index contributed by atoms with van der Waals surface area (Å²) in [5, 5.41) is 18.1. The van der Waals surface area contributed by atoms with Crippen LogP contribution in [0.5, 0.6) is 11.5 Å². The summed E-state index contributed by atoms with van der Waals surface area (Å²) in [5.41, 5.74) is 0.915. The minimum Gasteiger partial charge on any atom is -0.490 e. The van der Waals surface area contributed by atoms with Gasteiger partial charge < -0.3 is 19.6 Å². The van der Waals surface area contributed by atoms with Crippen LogP contribution in [0.25, 0.3) is 11.1 Å². The molecule has 2 aromatic rings. The number of aliphatic carboxylic acids is 1. The molecule has 0 amide bonds. The molecule has 0 radical (unpaired) electrons. The Labute approximate surface area is 148 Å². The largest absolute Gasteiger partial charge is 0.490 e. The highest BCUT2D eigenvalue weighted by atomic mass is 35.5. The van der Waals surface area contributed by atoms with E-state index in [9.17, 15) is 14.9 Å². The zero-order valence-electron chi connectivity index (χ0n) is 13.6. The van der Waals surface area contributed by atoms with Crippen molar-refractivity contribution in [3.63, 3.8) is 0 Å². The van der Waals surface area contributed by atoms with E-state index >= 15 is 0 Å². The van der Waals surface area contributed by atoms with Gasteiger partial charge in [0.2, 0.25) is 0 Å². The number of aryl methyl sites for hydroxylation is 1. The molecule has 2 N–H and O–H groups in total. The van der Waals surface area contributed by atoms with Crippen molar-refractivity contribution in [1.29, 1.82) is 5.26 Å². The molecule has 0 aliphatic heterocycles. The third-order valence-corrected chi connectivity index (χ3v) is 3.52. The molecule has 130 valence electrons. The number of rotatable bonds is 6. The summed E-state index contributed by atoms with van der Waals surface area (Å²) in [7, 11) is 0. The molecule has 0 bridgehead atoms. The van der Waals surface area contributed by atoms with E-state index in [4.69, 9.17) is 26.2 Å². The van der Waals surface area contributed by atoms with E-state index < -0.39 is 18.1 Å². The summed E-state index contributed by atoms with van der Waals surface area (Å²) in [6.45, 7) is 3.16. The summed E-state index contributed by atoms with van der Waals surface area (Å²) in [6, 6.07) is 6.58. The van der Waals surface area contributed by atoms with Gasteiger partial charge in [0, 0.05) is 11.3 Å². The molecular weight excluding hydrogens is 348 g/mol. The van der Waals surface area contributed by atoms with Crippen molar-refractivity contribution in [2.45, 2.75) is 13.8 Å². The number of benzene rings is 1. The van der Waals surface area contributed by atoms with Gasteiger partial charge in [-0.15, -0.1) is 0 Å². The number of H-pyrrole nitrogens is 1. The van der Waals surface area contributed by atoms with Crippen molar-refractivity contribution in [3.8, 4) is 28.7 Å². The monoisotopic (exact) mass is 362 g/mol. The number of pyridine rings is 1. The topological polar surface area (TPSA) is 112 Å². The average Bonchev–Trinajstić information content (AvgIpc) is 2.53. The van der Waals surface area contributed by atoms with Crippen LogP contribution in [0.4, 0.5) is 0 Å². The number of nitriles is 1. The lowest BCUT2D eigenvalue weighted by Crippen LogP contribution is -2.13. The number of nitrogens with zero attached hydrogens (tertiary/aromatic N) is 1. The van der Waals surface area contributed by atoms with E-state index in [0.717, 1.165) is 0 Å². The fourth-order valence-electron chi connectivity index (χ4n) is 2.29. The first-order chi connectivity index (χ1) is 11.9. The van der Waals surface area contributed by atoms with Crippen molar-refractivity contribution < 1.29 is 19.4 Å². The Hall–Kier alpha value is -2.98. The Kier molecular flexibility index (Phi) is 5.67. The van der Waals surface area contributed by atoms with Gasteiger partial charge in [0.1, 0.15) is 11.6 Å². The normalized spacial score (nSPS) is 10.2. The van der Waals surface area contributed by atoms with Gasteiger partial charge >= 0.3 is 5.97 Å². The molecule has 0 atom stereocenters. The summed E-state index contributed by atoms with van der Waals surface area (Å²) >= 11 is 6.21. The van der Waals surface area contributed by atoms with Gasteiger partial charge in [-0.3, -0.25) is 4.79 Å². The predicted octanol–water partition coefficient (Wildman–Crippen LogP) is 2.74. The second kappa shape index (κ2) is 7.73. The number of aromatic amines is 1. The van der Waals surface area contributed by atoms with Gasteiger partial charge in [0.05, 0.1) is 11.6 Å². The SMILES string of the molecule is CCOc1cc(-c2cc(C)[nH]c(=O)c2C#N)cc(Cl)c1OCC(=O)O. The highest BCUT2D eigenvalue weighted by Gasteiger charge is 2.18. The Morgan fingerprint density at radius 3 is 2.68 bits per heavy atom. The number of carboxylic acids is 1. The van der Waals surface area contributed by atoms with E-state index in [1.165, 1.54) is 6.07 Å². The molecule has 0 unspecified atom stereocenters. The molecule has 25 heavy (non-hydrogen) atoms. The van der Waals surface area contributed by atoms with E-state index in [2.05, 4.69) is 4.98 Å². The number of ether oxygens (including phenoxy) is 2. The highest BCUT2D eigenvalue weighted by molar-refractivity contribution is 6.32. The van der Waals surface area contributed by atoms with Crippen molar-refractivity contribution >= 4 is 17.6 Å². The van der Waals surface area contributed by atoms with E-state index in [1.54, 1.807) is 26.0 Å². The van der Waals surface area contributed by atoms with Gasteiger partial charge in [-0.05, 0) is 37.6 Å². The fourth-order valence-corrected chi connectivity index (χ4v) is 2.55. The minimum absolute atomic E-state index is 0.0525. The Bertz CT molecular complexity index is 914. The first-order valence-corrected chi connectivity index (χ1v) is 7.70. The number of carboxylic acid groups (broad SMARTS) is 1. The zero-order valence-corrected chi connectivity index (χ0v) is 14.3. The number of hydrogen-bond acceptors (Lipinski definition) is 5. The number of halogens is 1. The lowest BCUT2D eigenvalue weighted by molar-refractivity contribution is -0.139. The van der Waals surface area contributed by atoms with Crippen LogP contribution >= 0.6 is 11.6 Å². The summed E-state index contributed by atoms with van der Waals surface area (Å²) in [5.74, 6) is -0.831. The van der Waals surface area contributed by atoms with Crippen molar-refractivity contribution in [2.75, 3.05) is 13.2 Å². The molecule has 1 aromatic heterocycles.